The molecule has 2 aromatic rings. The molecule has 0 radical (unpaired) electrons. The van der Waals surface area contributed by atoms with Crippen molar-refractivity contribution in [1.82, 2.24) is 4.98 Å². The minimum atomic E-state index is -2.76. The van der Waals surface area contributed by atoms with Gasteiger partial charge in [0, 0.05) is 5.56 Å². The second-order valence-corrected chi connectivity index (χ2v) is 2.87. The third-order valence-electron chi connectivity index (χ3n) is 1.82. The van der Waals surface area contributed by atoms with E-state index in [4.69, 9.17) is 4.42 Å². The van der Waals surface area contributed by atoms with Crippen LogP contribution in [0, 0.1) is 5.82 Å². The molecule has 0 spiro atoms. The highest BCUT2D eigenvalue weighted by atomic mass is 19.3. The van der Waals surface area contributed by atoms with Gasteiger partial charge in [-0.2, -0.15) is 8.78 Å². The summed E-state index contributed by atoms with van der Waals surface area (Å²) in [5, 5.41) is 0. The van der Waals surface area contributed by atoms with Crippen LogP contribution in [0.25, 0.3) is 11.3 Å². The number of alkyl halides is 2. The van der Waals surface area contributed by atoms with Gasteiger partial charge >= 0.3 is 6.43 Å². The van der Waals surface area contributed by atoms with Crippen LogP contribution in [-0.2, 0) is 0 Å². The Hall–Kier alpha value is -1.78. The first-order chi connectivity index (χ1) is 7.16. The SMILES string of the molecule is Fc1cccc(-c2cnc(C(F)F)o2)c1. The summed E-state index contributed by atoms with van der Waals surface area (Å²) < 4.78 is 41.9. The molecule has 1 aromatic carbocycles. The Kier molecular flexibility index (Phi) is 2.45. The van der Waals surface area contributed by atoms with Crippen molar-refractivity contribution in [2.45, 2.75) is 6.43 Å². The van der Waals surface area contributed by atoms with E-state index >= 15 is 0 Å². The zero-order valence-corrected chi connectivity index (χ0v) is 7.45. The molecule has 5 heteroatoms. The predicted molar refractivity (Wildman–Crippen MR) is 46.9 cm³/mol. The molecule has 0 amide bonds. The fraction of sp³-hybridized carbons (Fsp3) is 0.100. The molecule has 1 heterocycles. The lowest BCUT2D eigenvalue weighted by Crippen LogP contribution is -1.80. The predicted octanol–water partition coefficient (Wildman–Crippen LogP) is 3.42. The Morgan fingerprint density at radius 3 is 2.67 bits per heavy atom. The number of nitrogens with zero attached hydrogens (tertiary/aromatic N) is 1. The van der Waals surface area contributed by atoms with Gasteiger partial charge in [-0.25, -0.2) is 9.37 Å². The van der Waals surface area contributed by atoms with E-state index in [1.165, 1.54) is 18.2 Å². The van der Waals surface area contributed by atoms with Gasteiger partial charge in [0.2, 0.25) is 0 Å². The number of benzene rings is 1. The van der Waals surface area contributed by atoms with Crippen LogP contribution in [0.1, 0.15) is 12.3 Å². The molecule has 1 aromatic heterocycles. The van der Waals surface area contributed by atoms with Crippen LogP contribution in [0.5, 0.6) is 0 Å². The van der Waals surface area contributed by atoms with Crippen molar-refractivity contribution in [1.29, 1.82) is 0 Å². The first-order valence-corrected chi connectivity index (χ1v) is 4.16. The lowest BCUT2D eigenvalue weighted by atomic mass is 10.2. The third kappa shape index (κ3) is 2.01. The van der Waals surface area contributed by atoms with Gasteiger partial charge in [0.25, 0.3) is 5.89 Å². The van der Waals surface area contributed by atoms with Crippen LogP contribution in [0.4, 0.5) is 13.2 Å². The fourth-order valence-corrected chi connectivity index (χ4v) is 1.16. The van der Waals surface area contributed by atoms with E-state index in [0.29, 0.717) is 5.56 Å². The van der Waals surface area contributed by atoms with Gasteiger partial charge in [-0.15, -0.1) is 0 Å². The molecule has 0 unspecified atom stereocenters. The Morgan fingerprint density at radius 1 is 1.27 bits per heavy atom. The van der Waals surface area contributed by atoms with Crippen molar-refractivity contribution in [2.24, 2.45) is 0 Å². The molecule has 15 heavy (non-hydrogen) atoms. The number of rotatable bonds is 2. The highest BCUT2D eigenvalue weighted by Gasteiger charge is 2.15. The van der Waals surface area contributed by atoms with E-state index in [1.54, 1.807) is 6.07 Å². The van der Waals surface area contributed by atoms with E-state index in [9.17, 15) is 13.2 Å². The summed E-state index contributed by atoms with van der Waals surface area (Å²) in [6.07, 6.45) is -1.61. The first-order valence-electron chi connectivity index (χ1n) is 4.16. The second kappa shape index (κ2) is 3.76. The van der Waals surface area contributed by atoms with Crippen LogP contribution in [0.2, 0.25) is 0 Å². The summed E-state index contributed by atoms with van der Waals surface area (Å²) in [4.78, 5) is 3.38. The molecule has 0 saturated carbocycles. The maximum absolute atomic E-state index is 12.8. The number of halogens is 3. The van der Waals surface area contributed by atoms with Crippen molar-refractivity contribution in [2.75, 3.05) is 0 Å². The second-order valence-electron chi connectivity index (χ2n) is 2.87. The summed E-state index contributed by atoms with van der Waals surface area (Å²) in [6, 6.07) is 5.47. The Balaban J connectivity index is 2.37. The monoisotopic (exact) mass is 213 g/mol. The van der Waals surface area contributed by atoms with Gasteiger partial charge in [-0.3, -0.25) is 0 Å². The molecule has 0 aliphatic heterocycles. The minimum absolute atomic E-state index is 0.129. The van der Waals surface area contributed by atoms with E-state index in [1.807, 2.05) is 0 Å². The molecule has 0 aliphatic carbocycles. The highest BCUT2D eigenvalue weighted by molar-refractivity contribution is 5.56. The van der Waals surface area contributed by atoms with Gasteiger partial charge in [0.15, 0.2) is 5.76 Å². The van der Waals surface area contributed by atoms with E-state index < -0.39 is 18.1 Å². The molecule has 0 aliphatic rings. The van der Waals surface area contributed by atoms with Crippen LogP contribution >= 0.6 is 0 Å². The summed E-state index contributed by atoms with van der Waals surface area (Å²) in [6.45, 7) is 0. The number of oxazole rings is 1. The van der Waals surface area contributed by atoms with Crippen molar-refractivity contribution in [3.63, 3.8) is 0 Å². The summed E-state index contributed by atoms with van der Waals surface area (Å²) in [7, 11) is 0. The maximum atomic E-state index is 12.8. The number of hydrogen-bond acceptors (Lipinski definition) is 2. The average molecular weight is 213 g/mol. The van der Waals surface area contributed by atoms with Crippen LogP contribution < -0.4 is 0 Å². The zero-order chi connectivity index (χ0) is 10.8. The van der Waals surface area contributed by atoms with E-state index in [0.717, 1.165) is 6.20 Å². The van der Waals surface area contributed by atoms with Crippen LogP contribution in [-0.4, -0.2) is 4.98 Å². The lowest BCUT2D eigenvalue weighted by molar-refractivity contribution is 0.116. The largest absolute Gasteiger partial charge is 0.435 e. The molecule has 0 atom stereocenters. The molecule has 2 nitrogen and oxygen atoms in total. The van der Waals surface area contributed by atoms with Crippen molar-refractivity contribution < 1.29 is 17.6 Å². The maximum Gasteiger partial charge on any atom is 0.313 e. The van der Waals surface area contributed by atoms with E-state index in [2.05, 4.69) is 4.98 Å². The van der Waals surface area contributed by atoms with Crippen molar-refractivity contribution in [3.8, 4) is 11.3 Å². The first kappa shape index (κ1) is 9.76. The average Bonchev–Trinajstić information content (AvgIpc) is 2.66. The van der Waals surface area contributed by atoms with E-state index in [-0.39, 0.29) is 5.76 Å². The van der Waals surface area contributed by atoms with Gasteiger partial charge in [0.1, 0.15) is 5.82 Å². The zero-order valence-electron chi connectivity index (χ0n) is 7.45. The molecule has 0 bridgehead atoms. The number of hydrogen-bond donors (Lipinski definition) is 0. The molecule has 78 valence electrons. The quantitative estimate of drug-likeness (QED) is 0.763. The highest BCUT2D eigenvalue weighted by Crippen LogP contribution is 2.25. The van der Waals surface area contributed by atoms with Crippen LogP contribution in [0.3, 0.4) is 0 Å². The van der Waals surface area contributed by atoms with Gasteiger partial charge in [-0.05, 0) is 12.1 Å². The van der Waals surface area contributed by atoms with Gasteiger partial charge < -0.3 is 4.42 Å². The van der Waals surface area contributed by atoms with Gasteiger partial charge in [-0.1, -0.05) is 12.1 Å². The standard InChI is InChI=1S/C10H6F3NO/c11-7-3-1-2-6(4-7)8-5-14-10(15-8)9(12)13/h1-5,9H. The minimum Gasteiger partial charge on any atom is -0.435 e. The lowest BCUT2D eigenvalue weighted by Gasteiger charge is -1.95. The Morgan fingerprint density at radius 2 is 2.07 bits per heavy atom. The molecule has 2 rings (SSSR count). The Labute approximate surface area is 83.4 Å². The van der Waals surface area contributed by atoms with Crippen molar-refractivity contribution >= 4 is 0 Å². The van der Waals surface area contributed by atoms with Crippen molar-refractivity contribution in [3.05, 3.63) is 42.2 Å². The smallest absolute Gasteiger partial charge is 0.313 e. The number of aromatic nitrogens is 1. The van der Waals surface area contributed by atoms with Gasteiger partial charge in [0.05, 0.1) is 6.20 Å². The molecule has 0 fully saturated rings. The molecule has 0 N–H and O–H groups in total. The summed E-state index contributed by atoms with van der Waals surface area (Å²) >= 11 is 0. The fourth-order valence-electron chi connectivity index (χ4n) is 1.16. The topological polar surface area (TPSA) is 26.0 Å². The molecule has 0 saturated heterocycles. The molecular formula is C10H6F3NO. The normalized spacial score (nSPS) is 10.9. The summed E-state index contributed by atoms with van der Waals surface area (Å²) in [5.41, 5.74) is 0.384. The molecular weight excluding hydrogens is 207 g/mol. The Bertz CT molecular complexity index is 467. The summed E-state index contributed by atoms with van der Waals surface area (Å²) in [5.74, 6) is -0.985. The van der Waals surface area contributed by atoms with Crippen LogP contribution in [0.15, 0.2) is 34.9 Å². The third-order valence-corrected chi connectivity index (χ3v) is 1.82.